The number of hydrogen-bond donors (Lipinski definition) is 2. The lowest BCUT2D eigenvalue weighted by Gasteiger charge is -2.45. The van der Waals surface area contributed by atoms with Crippen molar-refractivity contribution < 1.29 is 14.7 Å². The number of carbonyl (C=O) groups excluding carboxylic acids is 1. The van der Waals surface area contributed by atoms with Crippen molar-refractivity contribution in [3.05, 3.63) is 40.3 Å². The number of benzene rings is 1. The molecule has 3 atom stereocenters. The Bertz CT molecular complexity index is 1180. The summed E-state index contributed by atoms with van der Waals surface area (Å²) in [6, 6.07) is 9.00. The molecule has 1 unspecified atom stereocenters. The number of aromatic nitrogens is 2. The summed E-state index contributed by atoms with van der Waals surface area (Å²) in [7, 11) is 0. The number of piperidine rings is 1. The molecule has 1 aromatic heterocycles. The van der Waals surface area contributed by atoms with Gasteiger partial charge in [0.05, 0.1) is 11.0 Å². The smallest absolute Gasteiger partial charge is 0.328 e. The molecule has 36 heavy (non-hydrogen) atoms. The largest absolute Gasteiger partial charge is 0.480 e. The molecule has 1 aromatic carbocycles. The van der Waals surface area contributed by atoms with Crippen molar-refractivity contribution in [1.29, 1.82) is 0 Å². The van der Waals surface area contributed by atoms with Crippen LogP contribution < -0.4 is 10.9 Å². The fourth-order valence-electron chi connectivity index (χ4n) is 6.79. The fourth-order valence-corrected chi connectivity index (χ4v) is 6.79. The summed E-state index contributed by atoms with van der Waals surface area (Å²) in [6.07, 6.45) is 13.3. The number of nitrogens with one attached hydrogen (secondary N) is 1. The maximum absolute atomic E-state index is 13.8. The predicted octanol–water partition coefficient (Wildman–Crippen LogP) is 4.27. The second-order valence-electron chi connectivity index (χ2n) is 11.5. The van der Waals surface area contributed by atoms with Gasteiger partial charge < -0.3 is 15.0 Å². The molecule has 0 spiro atoms. The predicted molar refractivity (Wildman–Crippen MR) is 138 cm³/mol. The lowest BCUT2D eigenvalue weighted by molar-refractivity contribution is -0.143. The van der Waals surface area contributed by atoms with Gasteiger partial charge in [-0.25, -0.2) is 9.78 Å². The molecule has 5 rings (SSSR count). The molecule has 0 radical (unpaired) electrons. The molecular formula is C28H38N4O4. The van der Waals surface area contributed by atoms with Gasteiger partial charge in [0.1, 0.15) is 5.54 Å². The van der Waals surface area contributed by atoms with Gasteiger partial charge in [0.25, 0.3) is 11.5 Å². The average Bonchev–Trinajstić information content (AvgIpc) is 3.07. The number of aliphatic carboxylic acids is 1. The van der Waals surface area contributed by atoms with Gasteiger partial charge in [0, 0.05) is 24.2 Å². The SMILES string of the molecule is CC(C)(NC(=O)c1nc2ccccc2n(C2C[C@H]3CC[C@@H](C2)N3C2CCCCCCC2)c1=O)C(=O)O. The number of carboxylic acids is 1. The molecule has 3 heterocycles. The van der Waals surface area contributed by atoms with Crippen molar-refractivity contribution in [2.75, 3.05) is 0 Å². The molecule has 2 aromatic rings. The van der Waals surface area contributed by atoms with Gasteiger partial charge in [0.2, 0.25) is 0 Å². The molecular weight excluding hydrogens is 456 g/mol. The molecule has 2 N–H and O–H groups in total. The summed E-state index contributed by atoms with van der Waals surface area (Å²) >= 11 is 0. The number of amides is 1. The van der Waals surface area contributed by atoms with Crippen LogP contribution in [-0.2, 0) is 4.79 Å². The molecule has 3 aliphatic rings. The second kappa shape index (κ2) is 9.96. The van der Waals surface area contributed by atoms with Gasteiger partial charge >= 0.3 is 5.97 Å². The average molecular weight is 495 g/mol. The van der Waals surface area contributed by atoms with E-state index in [1.54, 1.807) is 4.57 Å². The number of rotatable bonds is 5. The molecule has 2 aliphatic heterocycles. The highest BCUT2D eigenvalue weighted by Crippen LogP contribution is 2.44. The Balaban J connectivity index is 1.47. The fraction of sp³-hybridized carbons (Fsp3) is 0.643. The summed E-state index contributed by atoms with van der Waals surface area (Å²) in [4.78, 5) is 45.6. The molecule has 1 saturated carbocycles. The van der Waals surface area contributed by atoms with Crippen LogP contribution >= 0.6 is 0 Å². The molecule has 8 nitrogen and oxygen atoms in total. The third-order valence-corrected chi connectivity index (χ3v) is 8.60. The van der Waals surface area contributed by atoms with Crippen LogP contribution in [0.5, 0.6) is 0 Å². The topological polar surface area (TPSA) is 105 Å². The normalized spacial score (nSPS) is 25.9. The molecule has 8 heteroatoms. The zero-order valence-corrected chi connectivity index (χ0v) is 21.4. The Morgan fingerprint density at radius 1 is 0.917 bits per heavy atom. The van der Waals surface area contributed by atoms with Crippen LogP contribution in [0.2, 0.25) is 0 Å². The van der Waals surface area contributed by atoms with Crippen LogP contribution in [0.15, 0.2) is 29.1 Å². The van der Waals surface area contributed by atoms with E-state index in [4.69, 9.17) is 0 Å². The van der Waals surface area contributed by atoms with Gasteiger partial charge in [-0.1, -0.05) is 44.2 Å². The maximum Gasteiger partial charge on any atom is 0.328 e. The third kappa shape index (κ3) is 4.67. The van der Waals surface area contributed by atoms with Gasteiger partial charge in [0.15, 0.2) is 5.69 Å². The van der Waals surface area contributed by atoms with Crippen molar-refractivity contribution in [3.8, 4) is 0 Å². The van der Waals surface area contributed by atoms with Crippen LogP contribution in [0.3, 0.4) is 0 Å². The van der Waals surface area contributed by atoms with Crippen molar-refractivity contribution >= 4 is 22.9 Å². The second-order valence-corrected chi connectivity index (χ2v) is 11.5. The minimum Gasteiger partial charge on any atom is -0.480 e. The molecule has 2 saturated heterocycles. The third-order valence-electron chi connectivity index (χ3n) is 8.60. The number of fused-ring (bicyclic) bond motifs is 3. The first-order valence-corrected chi connectivity index (χ1v) is 13.6. The van der Waals surface area contributed by atoms with E-state index in [-0.39, 0.29) is 11.7 Å². The van der Waals surface area contributed by atoms with E-state index < -0.39 is 23.0 Å². The Hall–Kier alpha value is -2.74. The van der Waals surface area contributed by atoms with E-state index in [0.717, 1.165) is 31.2 Å². The maximum atomic E-state index is 13.8. The Labute approximate surface area is 212 Å². The van der Waals surface area contributed by atoms with E-state index >= 15 is 0 Å². The van der Waals surface area contributed by atoms with E-state index in [2.05, 4.69) is 15.2 Å². The van der Waals surface area contributed by atoms with Gasteiger partial charge in [-0.05, 0) is 64.5 Å². The van der Waals surface area contributed by atoms with E-state index in [9.17, 15) is 19.5 Å². The Kier molecular flexibility index (Phi) is 6.90. The van der Waals surface area contributed by atoms with Crippen LogP contribution in [0.1, 0.15) is 101 Å². The first kappa shape index (κ1) is 24.9. The highest BCUT2D eigenvalue weighted by atomic mass is 16.4. The zero-order chi connectivity index (χ0) is 25.4. The van der Waals surface area contributed by atoms with Crippen molar-refractivity contribution in [1.82, 2.24) is 19.8 Å². The Morgan fingerprint density at radius 3 is 2.17 bits per heavy atom. The summed E-state index contributed by atoms with van der Waals surface area (Å²) in [5.41, 5.74) is -0.872. The number of para-hydroxylation sites is 2. The van der Waals surface area contributed by atoms with Gasteiger partial charge in [-0.3, -0.25) is 14.5 Å². The molecule has 194 valence electrons. The minimum atomic E-state index is -1.51. The monoisotopic (exact) mass is 494 g/mol. The zero-order valence-electron chi connectivity index (χ0n) is 21.4. The van der Waals surface area contributed by atoms with Crippen LogP contribution in [-0.4, -0.2) is 55.1 Å². The highest BCUT2D eigenvalue weighted by Gasteiger charge is 2.45. The quantitative estimate of drug-likeness (QED) is 0.643. The summed E-state index contributed by atoms with van der Waals surface area (Å²) < 4.78 is 1.78. The lowest BCUT2D eigenvalue weighted by Crippen LogP contribution is -2.52. The summed E-state index contributed by atoms with van der Waals surface area (Å²) in [5.74, 6) is -1.92. The molecule has 2 bridgehead atoms. The van der Waals surface area contributed by atoms with Crippen LogP contribution in [0.4, 0.5) is 0 Å². The first-order valence-electron chi connectivity index (χ1n) is 13.6. The molecule has 1 aliphatic carbocycles. The molecule has 3 fully saturated rings. The number of carboxylic acid groups (broad SMARTS) is 1. The molecule has 1 amide bonds. The summed E-state index contributed by atoms with van der Waals surface area (Å²) in [6.45, 7) is 2.80. The standard InChI is InChI=1S/C28H38N4O4/c1-28(2,27(35)36)30-25(33)24-26(34)32(23-13-9-8-12-22(23)29-24)21-16-19-14-15-20(17-21)31(19)18-10-6-4-3-5-7-11-18/h8-9,12-13,18-21H,3-7,10-11,14-17H2,1-2H3,(H,30,33)(H,35,36)/t19-,20+,21?. The highest BCUT2D eigenvalue weighted by molar-refractivity contribution is 5.97. The van der Waals surface area contributed by atoms with E-state index in [1.807, 2.05) is 24.3 Å². The van der Waals surface area contributed by atoms with Gasteiger partial charge in [-0.2, -0.15) is 0 Å². The minimum absolute atomic E-state index is 0.00765. The van der Waals surface area contributed by atoms with Crippen molar-refractivity contribution in [2.24, 2.45) is 0 Å². The van der Waals surface area contributed by atoms with Crippen LogP contribution in [0, 0.1) is 0 Å². The number of nitrogens with zero attached hydrogens (tertiary/aromatic N) is 3. The summed E-state index contributed by atoms with van der Waals surface area (Å²) in [5, 5.41) is 11.9. The van der Waals surface area contributed by atoms with Crippen molar-refractivity contribution in [2.45, 2.75) is 114 Å². The first-order chi connectivity index (χ1) is 17.3. The van der Waals surface area contributed by atoms with Crippen LogP contribution in [0.25, 0.3) is 11.0 Å². The lowest BCUT2D eigenvalue weighted by atomic mass is 9.89. The Morgan fingerprint density at radius 2 is 1.53 bits per heavy atom. The van der Waals surface area contributed by atoms with Gasteiger partial charge in [-0.15, -0.1) is 0 Å². The van der Waals surface area contributed by atoms with E-state index in [1.165, 1.54) is 58.8 Å². The van der Waals surface area contributed by atoms with Crippen molar-refractivity contribution in [3.63, 3.8) is 0 Å². The number of hydrogen-bond acceptors (Lipinski definition) is 5. The van der Waals surface area contributed by atoms with E-state index in [0.29, 0.717) is 23.6 Å². The number of carbonyl (C=O) groups is 2.